The molecule has 0 bridgehead atoms. The summed E-state index contributed by atoms with van der Waals surface area (Å²) in [4.78, 5) is 1.22. The van der Waals surface area contributed by atoms with Gasteiger partial charge in [-0.15, -0.1) is 0 Å². The van der Waals surface area contributed by atoms with Crippen LogP contribution in [0.3, 0.4) is 0 Å². The first-order valence-corrected chi connectivity index (χ1v) is 7.86. The van der Waals surface area contributed by atoms with Gasteiger partial charge in [0.15, 0.2) is 0 Å². The van der Waals surface area contributed by atoms with Gasteiger partial charge in [-0.2, -0.15) is 0 Å². The van der Waals surface area contributed by atoms with Crippen LogP contribution in [0.25, 0.3) is 0 Å². The summed E-state index contributed by atoms with van der Waals surface area (Å²) in [5.74, 6) is 1.57. The predicted octanol–water partition coefficient (Wildman–Crippen LogP) is 4.87. The van der Waals surface area contributed by atoms with Crippen molar-refractivity contribution in [2.24, 2.45) is 5.92 Å². The topological polar surface area (TPSA) is 9.23 Å². The van der Waals surface area contributed by atoms with E-state index in [2.05, 4.69) is 39.8 Å². The van der Waals surface area contributed by atoms with Crippen LogP contribution >= 0.6 is 21.6 Å². The molecule has 0 aliphatic carbocycles. The molecule has 1 aromatic carbocycles. The quantitative estimate of drug-likeness (QED) is 0.672. The van der Waals surface area contributed by atoms with E-state index < -0.39 is 0 Å². The van der Waals surface area contributed by atoms with Crippen molar-refractivity contribution >= 4 is 21.6 Å². The lowest BCUT2D eigenvalue weighted by Crippen LogP contribution is -2.04. The third-order valence-electron chi connectivity index (χ3n) is 1.75. The monoisotopic (exact) mass is 256 g/mol. The fourth-order valence-electron chi connectivity index (χ4n) is 1.04. The van der Waals surface area contributed by atoms with Crippen LogP contribution < -0.4 is 4.74 Å². The minimum absolute atomic E-state index is 0.566. The minimum Gasteiger partial charge on any atom is -0.492 e. The van der Waals surface area contributed by atoms with Crippen LogP contribution in [0.1, 0.15) is 27.7 Å². The van der Waals surface area contributed by atoms with Gasteiger partial charge in [-0.25, -0.2) is 0 Å². The summed E-state index contributed by atoms with van der Waals surface area (Å²) in [5.41, 5.74) is 0. The molecule has 3 heteroatoms. The molecule has 90 valence electrons. The summed E-state index contributed by atoms with van der Waals surface area (Å²) < 4.78 is 5.80. The summed E-state index contributed by atoms with van der Waals surface area (Å²) in [5, 5.41) is 0.628. The third kappa shape index (κ3) is 5.17. The Morgan fingerprint density at radius 1 is 1.12 bits per heavy atom. The average Bonchev–Trinajstić information content (AvgIpc) is 2.24. The highest BCUT2D eigenvalue weighted by molar-refractivity contribution is 8.77. The van der Waals surface area contributed by atoms with Crippen LogP contribution in [0.15, 0.2) is 29.2 Å². The Morgan fingerprint density at radius 2 is 1.81 bits per heavy atom. The average molecular weight is 256 g/mol. The van der Waals surface area contributed by atoms with Gasteiger partial charge in [0, 0.05) is 5.25 Å². The standard InChI is InChI=1S/C13H20OS2/c1-10(2)9-14-12-7-5-6-8-13(12)16-15-11(3)4/h5-8,10-11H,9H2,1-4H3. The van der Waals surface area contributed by atoms with Crippen LogP contribution in [0, 0.1) is 5.92 Å². The van der Waals surface area contributed by atoms with Crippen molar-refractivity contribution in [1.82, 2.24) is 0 Å². The maximum atomic E-state index is 5.80. The van der Waals surface area contributed by atoms with Crippen LogP contribution in [-0.2, 0) is 0 Å². The second-order valence-corrected chi connectivity index (χ2v) is 7.20. The predicted molar refractivity (Wildman–Crippen MR) is 75.4 cm³/mol. The lowest BCUT2D eigenvalue weighted by Gasteiger charge is -2.12. The molecule has 0 aliphatic heterocycles. The highest BCUT2D eigenvalue weighted by atomic mass is 33.1. The molecule has 1 rings (SSSR count). The fraction of sp³-hybridized carbons (Fsp3) is 0.538. The maximum Gasteiger partial charge on any atom is 0.133 e. The molecular formula is C13H20OS2. The molecule has 16 heavy (non-hydrogen) atoms. The van der Waals surface area contributed by atoms with Gasteiger partial charge in [0.25, 0.3) is 0 Å². The molecule has 0 amide bonds. The first-order chi connectivity index (χ1) is 7.59. The molecule has 1 nitrogen and oxygen atoms in total. The van der Waals surface area contributed by atoms with E-state index in [-0.39, 0.29) is 0 Å². The van der Waals surface area contributed by atoms with Crippen LogP contribution in [-0.4, -0.2) is 11.9 Å². The zero-order valence-electron chi connectivity index (χ0n) is 10.4. The highest BCUT2D eigenvalue weighted by Crippen LogP contribution is 2.39. The molecule has 0 saturated carbocycles. The van der Waals surface area contributed by atoms with Crippen molar-refractivity contribution in [2.75, 3.05) is 6.61 Å². The molecule has 0 heterocycles. The summed E-state index contributed by atoms with van der Waals surface area (Å²) in [6.45, 7) is 9.52. The Bertz CT molecular complexity index is 280. The van der Waals surface area contributed by atoms with Gasteiger partial charge >= 0.3 is 0 Å². The van der Waals surface area contributed by atoms with Crippen LogP contribution in [0.2, 0.25) is 0 Å². The number of hydrogen-bond acceptors (Lipinski definition) is 3. The van der Waals surface area contributed by atoms with Crippen molar-refractivity contribution in [1.29, 1.82) is 0 Å². The van der Waals surface area contributed by atoms with Gasteiger partial charge in [0.2, 0.25) is 0 Å². The van der Waals surface area contributed by atoms with Gasteiger partial charge in [0.1, 0.15) is 5.75 Å². The van der Waals surface area contributed by atoms with Crippen molar-refractivity contribution in [3.8, 4) is 5.75 Å². The SMILES string of the molecule is CC(C)COc1ccccc1SSC(C)C. The molecule has 0 spiro atoms. The smallest absolute Gasteiger partial charge is 0.133 e. The summed E-state index contributed by atoms with van der Waals surface area (Å²) in [7, 11) is 3.67. The zero-order valence-corrected chi connectivity index (χ0v) is 12.0. The van der Waals surface area contributed by atoms with Gasteiger partial charge in [-0.3, -0.25) is 0 Å². The van der Waals surface area contributed by atoms with E-state index >= 15 is 0 Å². The molecule has 0 unspecified atom stereocenters. The molecule has 0 atom stereocenters. The van der Waals surface area contributed by atoms with E-state index in [0.717, 1.165) is 12.4 Å². The molecule has 0 N–H and O–H groups in total. The Hall–Kier alpha value is -0.280. The largest absolute Gasteiger partial charge is 0.492 e. The van der Waals surface area contributed by atoms with Crippen molar-refractivity contribution in [3.05, 3.63) is 24.3 Å². The van der Waals surface area contributed by atoms with Crippen molar-refractivity contribution < 1.29 is 4.74 Å². The van der Waals surface area contributed by atoms with Crippen LogP contribution in [0.4, 0.5) is 0 Å². The molecule has 1 aromatic rings. The summed E-state index contributed by atoms with van der Waals surface area (Å²) >= 11 is 0. The molecule has 0 aliphatic rings. The van der Waals surface area contributed by atoms with Crippen LogP contribution in [0.5, 0.6) is 5.75 Å². The second kappa shape index (κ2) is 7.13. The Kier molecular flexibility index (Phi) is 6.14. The summed E-state index contributed by atoms with van der Waals surface area (Å²) in [6, 6.07) is 8.26. The molecule has 0 radical (unpaired) electrons. The highest BCUT2D eigenvalue weighted by Gasteiger charge is 2.06. The first-order valence-electron chi connectivity index (χ1n) is 5.64. The molecule has 0 aromatic heterocycles. The number of ether oxygens (including phenoxy) is 1. The summed E-state index contributed by atoms with van der Waals surface area (Å²) in [6.07, 6.45) is 0. The molecule has 0 saturated heterocycles. The van der Waals surface area contributed by atoms with Gasteiger partial charge in [-0.1, -0.05) is 61.4 Å². The lowest BCUT2D eigenvalue weighted by molar-refractivity contribution is 0.265. The number of para-hydroxylation sites is 1. The fourth-order valence-corrected chi connectivity index (χ4v) is 2.98. The zero-order chi connectivity index (χ0) is 12.0. The lowest BCUT2D eigenvalue weighted by atomic mass is 10.2. The van der Waals surface area contributed by atoms with E-state index in [1.54, 1.807) is 10.8 Å². The second-order valence-electron chi connectivity index (χ2n) is 4.38. The Balaban J connectivity index is 2.60. The van der Waals surface area contributed by atoms with E-state index in [9.17, 15) is 0 Å². The van der Waals surface area contributed by atoms with Gasteiger partial charge < -0.3 is 4.74 Å². The molecule has 0 fully saturated rings. The van der Waals surface area contributed by atoms with E-state index in [1.807, 2.05) is 22.9 Å². The first kappa shape index (κ1) is 13.8. The Labute approximate surface area is 107 Å². The maximum absolute atomic E-state index is 5.80. The van der Waals surface area contributed by atoms with Crippen molar-refractivity contribution in [2.45, 2.75) is 37.8 Å². The normalized spacial score (nSPS) is 11.1. The third-order valence-corrected chi connectivity index (χ3v) is 4.73. The van der Waals surface area contributed by atoms with Gasteiger partial charge in [0.05, 0.1) is 11.5 Å². The number of benzene rings is 1. The number of rotatable bonds is 6. The number of hydrogen-bond donors (Lipinski definition) is 0. The van der Waals surface area contributed by atoms with E-state index in [4.69, 9.17) is 4.74 Å². The van der Waals surface area contributed by atoms with E-state index in [1.165, 1.54) is 4.90 Å². The van der Waals surface area contributed by atoms with Crippen molar-refractivity contribution in [3.63, 3.8) is 0 Å². The molecular weight excluding hydrogens is 236 g/mol. The Morgan fingerprint density at radius 3 is 2.44 bits per heavy atom. The minimum atomic E-state index is 0.566. The van der Waals surface area contributed by atoms with E-state index in [0.29, 0.717) is 11.2 Å². The van der Waals surface area contributed by atoms with Gasteiger partial charge in [-0.05, 0) is 18.1 Å².